The molecule has 6 rings (SSSR count). The summed E-state index contributed by atoms with van der Waals surface area (Å²) < 4.78 is 0. The van der Waals surface area contributed by atoms with Gasteiger partial charge in [-0.3, -0.25) is 6.08 Å². The Morgan fingerprint density at radius 2 is 1.28 bits per heavy atom. The Hall–Kier alpha value is -2.54. The molecule has 0 nitrogen and oxygen atoms in total. The van der Waals surface area contributed by atoms with Crippen LogP contribution in [0.1, 0.15) is 39.8 Å². The van der Waals surface area contributed by atoms with E-state index in [1.54, 1.807) is 23.3 Å². The van der Waals surface area contributed by atoms with Gasteiger partial charge in [-0.05, 0) is 18.9 Å². The molecule has 0 radical (unpaired) electrons. The van der Waals surface area contributed by atoms with E-state index in [4.69, 9.17) is 0 Å². The summed E-state index contributed by atoms with van der Waals surface area (Å²) in [5, 5.41) is 3.05. The Morgan fingerprint density at radius 1 is 0.694 bits per heavy atom. The van der Waals surface area contributed by atoms with E-state index in [-0.39, 0.29) is 0 Å². The predicted molar refractivity (Wildman–Crippen MR) is 152 cm³/mol. The summed E-state index contributed by atoms with van der Waals surface area (Å²) in [6, 6.07) is 32.6. The summed E-state index contributed by atoms with van der Waals surface area (Å²) in [6.07, 6.45) is 11.0. The number of aryl methyl sites for hydroxylation is 4. The molecule has 4 aromatic rings. The molecule has 0 spiro atoms. The van der Waals surface area contributed by atoms with Gasteiger partial charge in [0.25, 0.3) is 0 Å². The summed E-state index contributed by atoms with van der Waals surface area (Å²) in [7, 11) is 0. The molecule has 0 fully saturated rings. The van der Waals surface area contributed by atoms with E-state index in [2.05, 4.69) is 125 Å². The fraction of sp³-hybridized carbons (Fsp3) is 0.176. The van der Waals surface area contributed by atoms with Gasteiger partial charge < -0.3 is 0 Å². The van der Waals surface area contributed by atoms with Gasteiger partial charge in [0.1, 0.15) is 0 Å². The monoisotopic (exact) mass is 558 g/mol. The van der Waals surface area contributed by atoms with Gasteiger partial charge >= 0.3 is 113 Å². The number of allylic oxidation sites excluding steroid dienone is 4. The first-order valence-corrected chi connectivity index (χ1v) is 17.7. The molecule has 2 aliphatic carbocycles. The number of hydrogen-bond acceptors (Lipinski definition) is 0. The molecule has 0 bridgehead atoms. The first-order valence-electron chi connectivity index (χ1n) is 12.5. The predicted octanol–water partition coefficient (Wildman–Crippen LogP) is 6.94. The van der Waals surface area contributed by atoms with Gasteiger partial charge in [-0.2, -0.15) is 29.8 Å². The Balaban J connectivity index is 0.000000142. The van der Waals surface area contributed by atoms with Gasteiger partial charge in [0.05, 0.1) is 0 Å². The summed E-state index contributed by atoms with van der Waals surface area (Å²) >= 11 is 1.65. The van der Waals surface area contributed by atoms with Crippen LogP contribution in [0.15, 0.2) is 97.1 Å². The summed E-state index contributed by atoms with van der Waals surface area (Å²) in [5.41, 5.74) is 10.4. The van der Waals surface area contributed by atoms with Crippen molar-refractivity contribution >= 4 is 15.8 Å². The van der Waals surface area contributed by atoms with E-state index in [0.717, 1.165) is 12.8 Å². The minimum absolute atomic E-state index is 0.488. The van der Waals surface area contributed by atoms with Crippen LogP contribution in [0.2, 0.25) is 0 Å². The summed E-state index contributed by atoms with van der Waals surface area (Å²) in [5.74, 6) is 0. The van der Waals surface area contributed by atoms with Crippen molar-refractivity contribution in [3.63, 3.8) is 0 Å². The molecule has 0 aromatic heterocycles. The molecule has 2 heteroatoms. The van der Waals surface area contributed by atoms with Gasteiger partial charge in [-0.25, -0.2) is 12.2 Å². The van der Waals surface area contributed by atoms with Gasteiger partial charge in [0, 0.05) is 0 Å². The molecule has 0 saturated heterocycles. The molecule has 176 valence electrons. The standard InChI is InChI=1S/C15H13.C14H14Si.C5H5.Zr/c1-10-3-5-14-12(7-10)9-13-8-11(2)4-6-15(13)14;1-11-3-7-13(8-4-11)15-14-9-5-12(2)6-10-14;1-2-4-5-3-1;/h3-7H,9H2,1-2H3;3-10H,1-2H3;1-3H,4H2;/q-1;;-1;+2. The van der Waals surface area contributed by atoms with E-state index < -0.39 is 5.43 Å². The van der Waals surface area contributed by atoms with Crippen molar-refractivity contribution in [2.45, 2.75) is 40.5 Å². The number of rotatable bonds is 2. The van der Waals surface area contributed by atoms with Gasteiger partial charge in [-0.1, -0.05) is 36.2 Å². The van der Waals surface area contributed by atoms with Crippen molar-refractivity contribution in [3.05, 3.63) is 143 Å². The topological polar surface area (TPSA) is 0 Å². The van der Waals surface area contributed by atoms with Crippen LogP contribution in [0.4, 0.5) is 0 Å². The first-order chi connectivity index (χ1) is 17.4. The molecule has 0 heterocycles. The van der Waals surface area contributed by atoms with Crippen molar-refractivity contribution < 1.29 is 23.3 Å². The number of hydrogen-bond donors (Lipinski definition) is 0. The van der Waals surface area contributed by atoms with Gasteiger partial charge in [0.15, 0.2) is 0 Å². The molecule has 36 heavy (non-hydrogen) atoms. The largest absolute Gasteiger partial charge is 0.273 e. The fourth-order valence-corrected chi connectivity index (χ4v) is 8.11. The summed E-state index contributed by atoms with van der Waals surface area (Å²) in [4.78, 5) is 0. The van der Waals surface area contributed by atoms with Gasteiger partial charge in [-0.15, -0.1) is 17.5 Å². The summed E-state index contributed by atoms with van der Waals surface area (Å²) in [6.45, 7) is 8.54. The van der Waals surface area contributed by atoms with Crippen molar-refractivity contribution in [1.29, 1.82) is 0 Å². The molecular formula is C34H32SiZr. The quantitative estimate of drug-likeness (QED) is 0.162. The normalized spacial score (nSPS) is 12.2. The van der Waals surface area contributed by atoms with E-state index in [9.17, 15) is 0 Å². The zero-order valence-electron chi connectivity index (χ0n) is 21.7. The third-order valence-electron chi connectivity index (χ3n) is 6.36. The molecule has 0 atom stereocenters. The molecule has 4 aromatic carbocycles. The molecule has 0 aliphatic heterocycles. The van der Waals surface area contributed by atoms with E-state index >= 15 is 0 Å². The first kappa shape index (κ1) is 26.5. The van der Waals surface area contributed by atoms with Crippen LogP contribution in [0.5, 0.6) is 0 Å². The number of fused-ring (bicyclic) bond motifs is 3. The van der Waals surface area contributed by atoms with Crippen molar-refractivity contribution in [3.8, 4) is 11.1 Å². The zero-order chi connectivity index (χ0) is 25.5. The van der Waals surface area contributed by atoms with Crippen LogP contribution in [0, 0.1) is 39.8 Å². The van der Waals surface area contributed by atoms with Crippen LogP contribution < -0.4 is 10.4 Å². The maximum Gasteiger partial charge on any atom is -0.109 e. The Labute approximate surface area is 232 Å². The van der Waals surface area contributed by atoms with Crippen molar-refractivity contribution in [2.24, 2.45) is 0 Å². The SMILES string of the molecule is Cc1[c-]c2c(cc1)-c1ccc(C)cc1C2.Cc1ccc([Si](=[Zr+2])c2ccc(C)cc2)cc1.[C-]1=CC=CC1. The third kappa shape index (κ3) is 7.02. The van der Waals surface area contributed by atoms with Crippen LogP contribution in [0.25, 0.3) is 11.1 Å². The third-order valence-corrected chi connectivity index (χ3v) is 12.4. The van der Waals surface area contributed by atoms with E-state index in [1.165, 1.54) is 54.9 Å². The zero-order valence-corrected chi connectivity index (χ0v) is 25.1. The minimum Gasteiger partial charge on any atom is -0.273 e. The fourth-order valence-electron chi connectivity index (χ4n) is 4.32. The minimum atomic E-state index is -0.488. The molecule has 2 aliphatic rings. The van der Waals surface area contributed by atoms with Crippen molar-refractivity contribution in [2.75, 3.05) is 0 Å². The van der Waals surface area contributed by atoms with E-state index in [1.807, 2.05) is 12.2 Å². The van der Waals surface area contributed by atoms with E-state index in [0.29, 0.717) is 0 Å². The average molecular weight is 560 g/mol. The van der Waals surface area contributed by atoms with Crippen LogP contribution in [0.3, 0.4) is 0 Å². The Morgan fingerprint density at radius 3 is 1.81 bits per heavy atom. The number of benzene rings is 4. The second-order valence-electron chi connectivity index (χ2n) is 9.48. The molecule has 0 unspecified atom stereocenters. The smallest absolute Gasteiger partial charge is 0.109 e. The maximum atomic E-state index is 3.45. The second kappa shape index (κ2) is 12.6. The van der Waals surface area contributed by atoms with Crippen LogP contribution in [-0.4, -0.2) is 5.43 Å². The molecule has 0 amide bonds. The molecule has 0 saturated carbocycles. The maximum absolute atomic E-state index is 3.45. The average Bonchev–Trinajstić information content (AvgIpc) is 3.56. The Bertz CT molecular complexity index is 1300. The van der Waals surface area contributed by atoms with Crippen LogP contribution in [-0.2, 0) is 29.8 Å². The second-order valence-corrected chi connectivity index (χ2v) is 15.1. The molecular weight excluding hydrogens is 528 g/mol. The van der Waals surface area contributed by atoms with Gasteiger partial charge in [0.2, 0.25) is 0 Å². The molecule has 0 N–H and O–H groups in total. The van der Waals surface area contributed by atoms with Crippen LogP contribution >= 0.6 is 0 Å². The van der Waals surface area contributed by atoms with Crippen molar-refractivity contribution in [1.82, 2.24) is 0 Å². The Kier molecular flexibility index (Phi) is 9.30.